The summed E-state index contributed by atoms with van der Waals surface area (Å²) in [6.45, 7) is 3.16. The molecule has 1 aliphatic rings. The highest BCUT2D eigenvalue weighted by atomic mass is 19.4. The van der Waals surface area contributed by atoms with Crippen molar-refractivity contribution in [1.29, 1.82) is 0 Å². The number of ether oxygens (including phenoxy) is 1. The first-order chi connectivity index (χ1) is 16.4. The minimum absolute atomic E-state index is 0.0377. The number of guanidine groups is 1. The normalized spacial score (nSPS) is 15.4. The quantitative estimate of drug-likeness (QED) is 0.271. The van der Waals surface area contributed by atoms with Crippen LogP contribution in [0.25, 0.3) is 0 Å². The molecule has 5 nitrogen and oxygen atoms in total. The lowest BCUT2D eigenvalue weighted by Gasteiger charge is -2.34. The van der Waals surface area contributed by atoms with Crippen molar-refractivity contribution < 1.29 is 17.9 Å². The lowest BCUT2D eigenvalue weighted by molar-refractivity contribution is -0.136. The van der Waals surface area contributed by atoms with Gasteiger partial charge in [-0.3, -0.25) is 4.99 Å². The summed E-state index contributed by atoms with van der Waals surface area (Å²) in [6.07, 6.45) is -0.896. The second-order valence-corrected chi connectivity index (χ2v) is 8.68. The van der Waals surface area contributed by atoms with Crippen LogP contribution in [-0.4, -0.2) is 49.8 Å². The maximum absolute atomic E-state index is 12.3. The van der Waals surface area contributed by atoms with Crippen molar-refractivity contribution in [1.82, 2.24) is 4.90 Å². The Morgan fingerprint density at radius 1 is 1.03 bits per heavy atom. The Kier molecular flexibility index (Phi) is 10.1. The molecule has 1 fully saturated rings. The molecule has 0 saturated carbocycles. The fraction of sp³-hybridized carbons (Fsp3) is 0.500. The Bertz CT molecular complexity index is 864. The van der Waals surface area contributed by atoms with Crippen molar-refractivity contribution in [2.75, 3.05) is 38.1 Å². The number of likely N-dealkylation sites (tertiary alicyclic amines) is 1. The van der Waals surface area contributed by atoms with Gasteiger partial charge in [0.15, 0.2) is 5.96 Å². The average molecular weight is 477 g/mol. The predicted molar refractivity (Wildman–Crippen MR) is 131 cm³/mol. The number of hydrogen-bond acceptors (Lipinski definition) is 3. The van der Waals surface area contributed by atoms with Crippen LogP contribution in [0.3, 0.4) is 0 Å². The molecule has 0 radical (unpaired) electrons. The van der Waals surface area contributed by atoms with Gasteiger partial charge in [0.05, 0.1) is 6.61 Å². The number of nitrogens with one attached hydrogen (secondary N) is 1. The highest BCUT2D eigenvalue weighted by Crippen LogP contribution is 2.24. The van der Waals surface area contributed by atoms with E-state index in [9.17, 15) is 13.2 Å². The number of benzene rings is 2. The van der Waals surface area contributed by atoms with Gasteiger partial charge in [0.25, 0.3) is 0 Å². The molecule has 0 bridgehead atoms. The molecular weight excluding hydrogens is 441 g/mol. The molecule has 0 spiro atoms. The number of alkyl halides is 3. The van der Waals surface area contributed by atoms with Gasteiger partial charge in [-0.2, -0.15) is 13.2 Å². The van der Waals surface area contributed by atoms with Crippen LogP contribution in [0, 0.1) is 5.92 Å². The summed E-state index contributed by atoms with van der Waals surface area (Å²) in [7, 11) is 0. The van der Waals surface area contributed by atoms with E-state index in [1.54, 1.807) is 12.1 Å². The highest BCUT2D eigenvalue weighted by molar-refractivity contribution is 5.93. The highest BCUT2D eigenvalue weighted by Gasteiger charge is 2.26. The molecule has 1 saturated heterocycles. The Hall–Kier alpha value is -2.74. The van der Waals surface area contributed by atoms with Crippen molar-refractivity contribution in [3.63, 3.8) is 0 Å². The van der Waals surface area contributed by atoms with E-state index in [-0.39, 0.29) is 13.0 Å². The Labute approximate surface area is 200 Å². The molecule has 1 heterocycles. The van der Waals surface area contributed by atoms with Crippen molar-refractivity contribution in [2.45, 2.75) is 44.7 Å². The van der Waals surface area contributed by atoms with Crippen LogP contribution in [0.1, 0.15) is 37.7 Å². The largest absolute Gasteiger partial charge is 0.494 e. The van der Waals surface area contributed by atoms with Crippen LogP contribution in [0.15, 0.2) is 59.6 Å². The van der Waals surface area contributed by atoms with Crippen molar-refractivity contribution >= 4 is 11.6 Å². The second kappa shape index (κ2) is 13.2. The van der Waals surface area contributed by atoms with Crippen molar-refractivity contribution in [3.8, 4) is 5.75 Å². The zero-order chi connectivity index (χ0) is 24.2. The van der Waals surface area contributed by atoms with Gasteiger partial charge in [-0.15, -0.1) is 0 Å². The maximum atomic E-state index is 12.3. The fourth-order valence-corrected chi connectivity index (χ4v) is 4.02. The third-order valence-corrected chi connectivity index (χ3v) is 5.89. The smallest absolute Gasteiger partial charge is 0.389 e. The van der Waals surface area contributed by atoms with Crippen LogP contribution in [0.4, 0.5) is 18.9 Å². The van der Waals surface area contributed by atoms with Gasteiger partial charge >= 0.3 is 6.18 Å². The molecule has 0 amide bonds. The topological polar surface area (TPSA) is 62.9 Å². The van der Waals surface area contributed by atoms with E-state index in [1.165, 1.54) is 5.56 Å². The van der Waals surface area contributed by atoms with Crippen molar-refractivity contribution in [2.24, 2.45) is 16.6 Å². The summed E-state index contributed by atoms with van der Waals surface area (Å²) >= 11 is 0. The monoisotopic (exact) mass is 476 g/mol. The lowest BCUT2D eigenvalue weighted by atomic mass is 9.90. The van der Waals surface area contributed by atoms with Crippen LogP contribution >= 0.6 is 0 Å². The molecule has 2 aromatic rings. The number of anilines is 1. The standard InChI is InChI=1S/C26H35F3N4O/c27-26(28,29)14-4-19-34-24-10-8-23(9-11-24)32-25(31-16-5-15-30)33-17-12-22(13-18-33)20-21-6-2-1-3-7-21/h1-3,6-11,22H,4-5,12-20,30H2,(H,31,32). The molecule has 3 N–H and O–H groups in total. The van der Waals surface area contributed by atoms with E-state index in [1.807, 2.05) is 12.1 Å². The number of nitrogens with two attached hydrogens (primary N) is 1. The van der Waals surface area contributed by atoms with Gasteiger partial charge in [-0.05, 0) is 74.4 Å². The predicted octanol–water partition coefficient (Wildman–Crippen LogP) is 5.48. The number of aliphatic imine (C=N–C) groups is 1. The lowest BCUT2D eigenvalue weighted by Crippen LogP contribution is -2.42. The minimum Gasteiger partial charge on any atom is -0.494 e. The third-order valence-electron chi connectivity index (χ3n) is 5.89. The van der Waals surface area contributed by atoms with Gasteiger partial charge in [0.2, 0.25) is 0 Å². The number of rotatable bonds is 10. The summed E-state index contributed by atoms with van der Waals surface area (Å²) in [5, 5.41) is 3.42. The Morgan fingerprint density at radius 2 is 1.74 bits per heavy atom. The van der Waals surface area contributed by atoms with Gasteiger partial charge in [-0.1, -0.05) is 30.3 Å². The number of halogens is 3. The van der Waals surface area contributed by atoms with E-state index in [0.717, 1.165) is 50.4 Å². The first-order valence-electron chi connectivity index (χ1n) is 12.0. The van der Waals surface area contributed by atoms with E-state index in [0.29, 0.717) is 24.8 Å². The SMILES string of the molecule is NCCCN=C(Nc1ccc(OCCCC(F)(F)F)cc1)N1CCC(Cc2ccccc2)CC1. The van der Waals surface area contributed by atoms with Crippen LogP contribution in [0.5, 0.6) is 5.75 Å². The summed E-state index contributed by atoms with van der Waals surface area (Å²) in [6, 6.07) is 17.9. The summed E-state index contributed by atoms with van der Waals surface area (Å²) in [5.74, 6) is 2.05. The number of piperidine rings is 1. The molecule has 0 aliphatic carbocycles. The molecule has 0 unspecified atom stereocenters. The van der Waals surface area contributed by atoms with Gasteiger partial charge < -0.3 is 20.7 Å². The summed E-state index contributed by atoms with van der Waals surface area (Å²) in [5.41, 5.74) is 7.90. The molecule has 8 heteroatoms. The number of nitrogens with zero attached hydrogens (tertiary/aromatic N) is 2. The maximum Gasteiger partial charge on any atom is 0.389 e. The molecule has 3 rings (SSSR count). The molecule has 2 aromatic carbocycles. The van der Waals surface area contributed by atoms with E-state index < -0.39 is 12.6 Å². The van der Waals surface area contributed by atoms with Gasteiger partial charge in [-0.25, -0.2) is 0 Å². The van der Waals surface area contributed by atoms with E-state index >= 15 is 0 Å². The zero-order valence-electron chi connectivity index (χ0n) is 19.6. The van der Waals surface area contributed by atoms with Gasteiger partial charge in [0.1, 0.15) is 5.75 Å². The first-order valence-corrected chi connectivity index (χ1v) is 12.0. The summed E-state index contributed by atoms with van der Waals surface area (Å²) < 4.78 is 42.2. The third kappa shape index (κ3) is 9.25. The Balaban J connectivity index is 1.52. The molecular formula is C26H35F3N4O. The van der Waals surface area contributed by atoms with E-state index in [4.69, 9.17) is 15.5 Å². The average Bonchev–Trinajstić information content (AvgIpc) is 2.83. The molecule has 34 heavy (non-hydrogen) atoms. The molecule has 0 atom stereocenters. The van der Waals surface area contributed by atoms with Crippen molar-refractivity contribution in [3.05, 3.63) is 60.2 Å². The van der Waals surface area contributed by atoms with Gasteiger partial charge in [0, 0.05) is 31.7 Å². The molecule has 1 aliphatic heterocycles. The molecule has 186 valence electrons. The second-order valence-electron chi connectivity index (χ2n) is 8.68. The van der Waals surface area contributed by atoms with E-state index in [2.05, 4.69) is 40.5 Å². The summed E-state index contributed by atoms with van der Waals surface area (Å²) in [4.78, 5) is 7.05. The number of hydrogen-bond donors (Lipinski definition) is 2. The zero-order valence-corrected chi connectivity index (χ0v) is 19.6. The van der Waals surface area contributed by atoms with Crippen LogP contribution in [0.2, 0.25) is 0 Å². The van der Waals surface area contributed by atoms with Crippen LogP contribution in [-0.2, 0) is 6.42 Å². The van der Waals surface area contributed by atoms with Crippen LogP contribution < -0.4 is 15.8 Å². The molecule has 0 aromatic heterocycles. The fourth-order valence-electron chi connectivity index (χ4n) is 4.02. The first kappa shape index (κ1) is 25.9. The minimum atomic E-state index is -4.15. The Morgan fingerprint density at radius 3 is 2.38 bits per heavy atom.